The highest BCUT2D eigenvalue weighted by molar-refractivity contribution is 7.07. The maximum atomic E-state index is 9.93. The summed E-state index contributed by atoms with van der Waals surface area (Å²) in [6.07, 6.45) is -0.171. The summed E-state index contributed by atoms with van der Waals surface area (Å²) in [5.41, 5.74) is 0.993. The topological polar surface area (TPSA) is 44.7 Å². The number of morpholine rings is 1. The lowest BCUT2D eigenvalue weighted by atomic mass is 10.2. The van der Waals surface area contributed by atoms with Crippen LogP contribution in [0.5, 0.6) is 0 Å². The lowest BCUT2D eigenvalue weighted by Crippen LogP contribution is -2.46. The second-order valence-electron chi connectivity index (χ2n) is 4.62. The average Bonchev–Trinajstić information content (AvgIpc) is 2.93. The third-order valence-electron chi connectivity index (χ3n) is 3.31. The van der Waals surface area contributed by atoms with Crippen molar-refractivity contribution in [2.45, 2.75) is 19.1 Å². The summed E-state index contributed by atoms with van der Waals surface area (Å²) >= 11 is 1.61. The van der Waals surface area contributed by atoms with Crippen molar-refractivity contribution in [2.24, 2.45) is 0 Å². The number of aliphatic hydroxyl groups is 1. The van der Waals surface area contributed by atoms with Crippen LogP contribution in [0.25, 0.3) is 0 Å². The van der Waals surface area contributed by atoms with Crippen LogP contribution in [0.4, 0.5) is 0 Å². The molecule has 1 aromatic heterocycles. The molecule has 0 aliphatic carbocycles. The predicted molar refractivity (Wildman–Crippen MR) is 74.0 cm³/mol. The molecular weight excluding hydrogens is 248 g/mol. The van der Waals surface area contributed by atoms with E-state index in [1.807, 2.05) is 16.8 Å². The Morgan fingerprint density at radius 3 is 3.28 bits per heavy atom. The van der Waals surface area contributed by atoms with Crippen LogP contribution in [0, 0.1) is 0 Å². The first-order valence-electron chi connectivity index (χ1n) is 6.54. The standard InChI is InChI=1S/C13H22N2O2S/c1-2-15-4-5-17-12(9-15)7-14-8-13(16)11-3-6-18-10-11/h3,6,10,12-14,16H,2,4-5,7-9H2,1H3. The van der Waals surface area contributed by atoms with Crippen LogP contribution in [-0.2, 0) is 4.74 Å². The largest absolute Gasteiger partial charge is 0.387 e. The van der Waals surface area contributed by atoms with Crippen molar-refractivity contribution in [1.82, 2.24) is 10.2 Å². The van der Waals surface area contributed by atoms with Gasteiger partial charge in [-0.2, -0.15) is 11.3 Å². The van der Waals surface area contributed by atoms with Crippen molar-refractivity contribution in [3.63, 3.8) is 0 Å². The minimum atomic E-state index is -0.415. The van der Waals surface area contributed by atoms with Crippen LogP contribution in [0.3, 0.4) is 0 Å². The van der Waals surface area contributed by atoms with E-state index in [1.165, 1.54) is 0 Å². The molecule has 0 amide bonds. The first kappa shape index (κ1) is 14.0. The number of likely N-dealkylation sites (N-methyl/N-ethyl adjacent to an activating group) is 1. The van der Waals surface area contributed by atoms with E-state index in [-0.39, 0.29) is 6.10 Å². The molecule has 0 saturated carbocycles. The fourth-order valence-corrected chi connectivity index (χ4v) is 2.86. The summed E-state index contributed by atoms with van der Waals surface area (Å²) in [5.74, 6) is 0. The van der Waals surface area contributed by atoms with Gasteiger partial charge in [-0.3, -0.25) is 4.90 Å². The molecule has 5 heteroatoms. The molecule has 1 aromatic rings. The van der Waals surface area contributed by atoms with Crippen LogP contribution < -0.4 is 5.32 Å². The molecule has 0 bridgehead atoms. The van der Waals surface area contributed by atoms with Crippen molar-refractivity contribution < 1.29 is 9.84 Å². The third kappa shape index (κ3) is 4.03. The zero-order valence-corrected chi connectivity index (χ0v) is 11.7. The van der Waals surface area contributed by atoms with E-state index in [0.29, 0.717) is 6.54 Å². The van der Waals surface area contributed by atoms with Gasteiger partial charge in [0.2, 0.25) is 0 Å². The molecule has 0 aromatic carbocycles. The third-order valence-corrected chi connectivity index (χ3v) is 4.01. The number of ether oxygens (including phenoxy) is 1. The molecule has 2 N–H and O–H groups in total. The number of hydrogen-bond acceptors (Lipinski definition) is 5. The summed E-state index contributed by atoms with van der Waals surface area (Å²) in [4.78, 5) is 2.39. The Morgan fingerprint density at radius 2 is 2.56 bits per heavy atom. The SMILES string of the molecule is CCN1CCOC(CNCC(O)c2ccsc2)C1. The van der Waals surface area contributed by atoms with Gasteiger partial charge >= 0.3 is 0 Å². The first-order valence-corrected chi connectivity index (χ1v) is 7.48. The Labute approximate surface area is 113 Å². The van der Waals surface area contributed by atoms with Crippen molar-refractivity contribution in [2.75, 3.05) is 39.3 Å². The highest BCUT2D eigenvalue weighted by Crippen LogP contribution is 2.15. The van der Waals surface area contributed by atoms with Gasteiger partial charge < -0.3 is 15.2 Å². The second-order valence-corrected chi connectivity index (χ2v) is 5.40. The molecule has 1 aliphatic heterocycles. The van der Waals surface area contributed by atoms with Crippen molar-refractivity contribution >= 4 is 11.3 Å². The molecule has 4 nitrogen and oxygen atoms in total. The molecule has 1 saturated heterocycles. The summed E-state index contributed by atoms with van der Waals surface area (Å²) in [6, 6.07) is 1.97. The Balaban J connectivity index is 1.66. The highest BCUT2D eigenvalue weighted by atomic mass is 32.1. The molecule has 2 atom stereocenters. The monoisotopic (exact) mass is 270 g/mol. The predicted octanol–water partition coefficient (Wildman–Crippen LogP) is 1.09. The van der Waals surface area contributed by atoms with Gasteiger partial charge in [0.25, 0.3) is 0 Å². The average molecular weight is 270 g/mol. The van der Waals surface area contributed by atoms with Crippen molar-refractivity contribution in [1.29, 1.82) is 0 Å². The maximum absolute atomic E-state index is 9.93. The second kappa shape index (κ2) is 7.21. The molecule has 2 heterocycles. The van der Waals surface area contributed by atoms with Gasteiger partial charge in [-0.05, 0) is 28.9 Å². The number of thiophene rings is 1. The summed E-state index contributed by atoms with van der Waals surface area (Å²) in [6.45, 7) is 7.48. The quantitative estimate of drug-likeness (QED) is 0.812. The fraction of sp³-hybridized carbons (Fsp3) is 0.692. The lowest BCUT2D eigenvalue weighted by molar-refractivity contribution is -0.0262. The number of rotatable bonds is 6. The first-order chi connectivity index (χ1) is 8.79. The number of nitrogens with one attached hydrogen (secondary N) is 1. The van der Waals surface area contributed by atoms with Crippen LogP contribution in [-0.4, -0.2) is 55.4 Å². The molecule has 2 rings (SSSR count). The summed E-state index contributed by atoms with van der Waals surface area (Å²) < 4.78 is 5.70. The molecule has 2 unspecified atom stereocenters. The van der Waals surface area contributed by atoms with E-state index in [4.69, 9.17) is 4.74 Å². The summed E-state index contributed by atoms with van der Waals surface area (Å²) in [5, 5.41) is 17.2. The van der Waals surface area contributed by atoms with E-state index in [2.05, 4.69) is 17.1 Å². The number of hydrogen-bond donors (Lipinski definition) is 2. The molecule has 102 valence electrons. The molecule has 1 fully saturated rings. The van der Waals surface area contributed by atoms with E-state index < -0.39 is 6.10 Å². The molecule has 0 radical (unpaired) electrons. The van der Waals surface area contributed by atoms with Gasteiger partial charge in [0, 0.05) is 26.2 Å². The van der Waals surface area contributed by atoms with Crippen LogP contribution >= 0.6 is 11.3 Å². The van der Waals surface area contributed by atoms with Crippen LogP contribution in [0.2, 0.25) is 0 Å². The van der Waals surface area contributed by atoms with Gasteiger partial charge in [-0.15, -0.1) is 0 Å². The minimum absolute atomic E-state index is 0.244. The smallest absolute Gasteiger partial charge is 0.0922 e. The maximum Gasteiger partial charge on any atom is 0.0922 e. The minimum Gasteiger partial charge on any atom is -0.387 e. The highest BCUT2D eigenvalue weighted by Gasteiger charge is 2.19. The van der Waals surface area contributed by atoms with Crippen LogP contribution in [0.15, 0.2) is 16.8 Å². The van der Waals surface area contributed by atoms with E-state index in [1.54, 1.807) is 11.3 Å². The molecule has 0 spiro atoms. The lowest BCUT2D eigenvalue weighted by Gasteiger charge is -2.32. The Kier molecular flexibility index (Phi) is 5.59. The van der Waals surface area contributed by atoms with Gasteiger partial charge in [-0.1, -0.05) is 6.92 Å². The van der Waals surface area contributed by atoms with E-state index in [0.717, 1.165) is 38.3 Å². The Bertz CT molecular complexity index is 332. The van der Waals surface area contributed by atoms with Crippen molar-refractivity contribution in [3.8, 4) is 0 Å². The number of aliphatic hydroxyl groups excluding tert-OH is 1. The number of nitrogens with zero attached hydrogens (tertiary/aromatic N) is 1. The zero-order chi connectivity index (χ0) is 12.8. The fourth-order valence-electron chi connectivity index (χ4n) is 2.15. The molecule has 1 aliphatic rings. The Hall–Kier alpha value is -0.460. The summed E-state index contributed by atoms with van der Waals surface area (Å²) in [7, 11) is 0. The zero-order valence-electron chi connectivity index (χ0n) is 10.8. The van der Waals surface area contributed by atoms with Gasteiger partial charge in [0.15, 0.2) is 0 Å². The molecular formula is C13H22N2O2S. The van der Waals surface area contributed by atoms with Crippen molar-refractivity contribution in [3.05, 3.63) is 22.4 Å². The van der Waals surface area contributed by atoms with Gasteiger partial charge in [0.05, 0.1) is 18.8 Å². The van der Waals surface area contributed by atoms with E-state index >= 15 is 0 Å². The normalized spacial score (nSPS) is 23.1. The van der Waals surface area contributed by atoms with Gasteiger partial charge in [0.1, 0.15) is 0 Å². The van der Waals surface area contributed by atoms with E-state index in [9.17, 15) is 5.11 Å². The van der Waals surface area contributed by atoms with Crippen LogP contribution in [0.1, 0.15) is 18.6 Å². The molecule has 18 heavy (non-hydrogen) atoms. The Morgan fingerprint density at radius 1 is 1.67 bits per heavy atom. The van der Waals surface area contributed by atoms with Gasteiger partial charge in [-0.25, -0.2) is 0 Å².